The third-order valence-corrected chi connectivity index (χ3v) is 27.8. The SMILES string of the molecule is CC(C)(C)C1CC[N+](C)(C)CC1.CC(C)(C)CCCNC(=O)OC(C)(C)C.CC(C)(C)OC(=O)N1CCC(C(C)(C)C)CC1.CC(C)(C)c1cccnc1.CC(C)(C)c1ccncc1.CC(C)(C)c1ccncn1.CC(C)(C)c1cncnc1.CN1CCC(C(C)(C)C)CC1.CN1CCN(c2ccc(C(C)(C)C)cc2)CC1.CN1CCN(c2cccc(C(C)(C)C)c2)CC1.Cc1nc2cc(C(C)(C)C)ccc2s1. The van der Waals surface area contributed by atoms with Crippen LogP contribution in [0.25, 0.3) is 10.2 Å². The molecule has 0 radical (unpaired) electrons. The molecule has 0 atom stereocenters. The van der Waals surface area contributed by atoms with E-state index >= 15 is 0 Å². The normalized spacial score (nSPS) is 16.4. The molecule has 3 aromatic carbocycles. The molecule has 1 N–H and O–H groups in total. The summed E-state index contributed by atoms with van der Waals surface area (Å²) in [6.45, 7) is 104. The molecule has 5 aromatic heterocycles. The molecule has 8 aromatic rings. The van der Waals surface area contributed by atoms with Crippen LogP contribution in [-0.2, 0) is 47.4 Å². The van der Waals surface area contributed by atoms with Gasteiger partial charge in [-0.25, -0.2) is 34.5 Å². The quantitative estimate of drug-likeness (QED) is 0.127. The number of fused-ring (bicyclic) bond motifs is 1. The van der Waals surface area contributed by atoms with Gasteiger partial charge in [-0.15, -0.1) is 11.3 Å². The molecule has 5 saturated heterocycles. The number of carbonyl (C=O) groups excluding carboxylic acids is 2. The number of piperazine rings is 2. The van der Waals surface area contributed by atoms with E-state index in [1.165, 1.54) is 132 Å². The number of aromatic nitrogens is 7. The monoisotopic (exact) mass is 1990 g/mol. The van der Waals surface area contributed by atoms with Gasteiger partial charge >= 0.3 is 12.2 Å². The minimum absolute atomic E-state index is 0.142. The van der Waals surface area contributed by atoms with Crippen molar-refractivity contribution in [3.8, 4) is 0 Å². The summed E-state index contributed by atoms with van der Waals surface area (Å²) in [5, 5.41) is 3.90. The molecule has 5 aliphatic rings. The number of pyridine rings is 2. The van der Waals surface area contributed by atoms with E-state index in [1.54, 1.807) is 36.4 Å². The Balaban J connectivity index is 0.000000407. The van der Waals surface area contributed by atoms with Gasteiger partial charge in [-0.1, -0.05) is 265 Å². The number of amides is 2. The number of nitrogens with zero attached hydrogens (tertiary/aromatic N) is 14. The fraction of sp³-hybridized carbons (Fsp3) is 0.683. The molecule has 10 heterocycles. The number of piperidine rings is 3. The molecule has 0 aliphatic carbocycles. The number of likely N-dealkylation sites (N-methyl/N-ethyl adjacent to an activating group) is 2. The maximum absolute atomic E-state index is 11.9. The Labute approximate surface area is 880 Å². The molecule has 0 spiro atoms. The number of hydrogen-bond acceptors (Lipinski definition) is 17. The Hall–Kier alpha value is -8.01. The van der Waals surface area contributed by atoms with E-state index < -0.39 is 11.2 Å². The number of carbonyl (C=O) groups is 2. The summed E-state index contributed by atoms with van der Waals surface area (Å²) in [4.78, 5) is 65.5. The van der Waals surface area contributed by atoms with Crippen molar-refractivity contribution in [3.63, 3.8) is 0 Å². The highest BCUT2D eigenvalue weighted by Crippen LogP contribution is 2.39. The Morgan fingerprint density at radius 3 is 1.17 bits per heavy atom. The predicted octanol–water partition coefficient (Wildman–Crippen LogP) is 29.6. The molecule has 20 heteroatoms. The van der Waals surface area contributed by atoms with Crippen molar-refractivity contribution in [2.24, 2.45) is 39.4 Å². The van der Waals surface area contributed by atoms with Crippen LogP contribution in [0.2, 0.25) is 0 Å². The molecule has 806 valence electrons. The molecule has 13 rings (SSSR count). The van der Waals surface area contributed by atoms with E-state index in [0.29, 0.717) is 34.1 Å². The molecule has 0 bridgehead atoms. The van der Waals surface area contributed by atoms with Crippen molar-refractivity contribution in [1.82, 2.24) is 59.8 Å². The van der Waals surface area contributed by atoms with Gasteiger partial charge in [-0.3, -0.25) is 9.97 Å². The lowest BCUT2D eigenvalue weighted by molar-refractivity contribution is -0.896. The first kappa shape index (κ1) is 129. The lowest BCUT2D eigenvalue weighted by Gasteiger charge is -2.41. The average Bonchev–Trinajstić information content (AvgIpc) is 1.70. The van der Waals surface area contributed by atoms with Crippen molar-refractivity contribution in [1.29, 1.82) is 0 Å². The summed E-state index contributed by atoms with van der Waals surface area (Å²) in [7, 11) is 11.3. The standard InChI is InChI=1S/2C15H24N2.C14H27NO2.C12H25NO2.C12H15NS.C11H24N.C10H21N.2C9H13N.2C8H12N2/c1-15(2,3)13-5-7-14(8-6-13)17-11-9-16(4)10-12-17;1-15(2,3)13-6-5-7-14(12-13)17-10-8-16(4)9-11-17;1-13(2,3)11-7-9-15(10-8-11)12(16)17-14(4,5)6;1-11(2,3)8-7-9-13-10(14)15-12(4,5)6;1-8-13-10-7-9(12(2,3)4)5-6-11(10)14-8;1-11(2,3)10-6-8-12(4,5)9-7-10;1-10(2,3)9-5-7-11(4)8-6-9;1-9(2,3)8-4-6-10-7-5-8;1-9(2,3)8-5-4-6-10-7-8;1-8(2,3)7-4-9-6-10-5-7;1-8(2,3)7-4-5-9-6-10-7/h5-8H,9-12H2,1-4H3;5-7,12H,8-11H2,1-4H3;11H,7-10H2,1-6H3;7-9H2,1-6H3,(H,13,14);5-7H,1-4H3;10H,6-9H2,1-5H3;9H,5-8H2,1-4H3;2*4-7H,1-3H3;2*4-6H,1-3H3/q;;;;;+1;;;;;. The van der Waals surface area contributed by atoms with Crippen LogP contribution in [0.5, 0.6) is 0 Å². The highest BCUT2D eigenvalue weighted by Gasteiger charge is 2.36. The number of benzene rings is 3. The first-order valence-electron chi connectivity index (χ1n) is 53.6. The van der Waals surface area contributed by atoms with Gasteiger partial charge in [0.1, 0.15) is 23.9 Å². The summed E-state index contributed by atoms with van der Waals surface area (Å²) < 4.78 is 13.0. The molecule has 5 aliphatic heterocycles. The van der Waals surface area contributed by atoms with E-state index in [-0.39, 0.29) is 50.1 Å². The van der Waals surface area contributed by atoms with Gasteiger partial charge in [0.2, 0.25) is 0 Å². The van der Waals surface area contributed by atoms with Crippen LogP contribution in [0.4, 0.5) is 21.0 Å². The molecule has 5 fully saturated rings. The summed E-state index contributed by atoms with van der Waals surface area (Å²) >= 11 is 1.76. The number of nitrogens with one attached hydrogen (secondary N) is 1. The van der Waals surface area contributed by atoms with Gasteiger partial charge in [0.15, 0.2) is 0 Å². The summed E-state index contributed by atoms with van der Waals surface area (Å²) in [5.74, 6) is 2.60. The summed E-state index contributed by atoms with van der Waals surface area (Å²) in [5.41, 5.74) is 15.4. The number of ether oxygens (including phenoxy) is 2. The predicted molar refractivity (Wildman–Crippen MR) is 617 cm³/mol. The third-order valence-electron chi connectivity index (χ3n) is 26.9. The second kappa shape index (κ2) is 56.9. The highest BCUT2D eigenvalue weighted by atomic mass is 32.1. The first-order valence-corrected chi connectivity index (χ1v) is 54.4. The lowest BCUT2D eigenvalue weighted by atomic mass is 9.75. The number of rotatable bonds is 5. The highest BCUT2D eigenvalue weighted by molar-refractivity contribution is 7.18. The van der Waals surface area contributed by atoms with Crippen molar-refractivity contribution >= 4 is 45.1 Å². The van der Waals surface area contributed by atoms with E-state index in [1.807, 2.05) is 89.6 Å². The van der Waals surface area contributed by atoms with E-state index in [4.69, 9.17) is 9.47 Å². The van der Waals surface area contributed by atoms with Crippen molar-refractivity contribution in [3.05, 3.63) is 197 Å². The van der Waals surface area contributed by atoms with Crippen LogP contribution in [0.15, 0.2) is 153 Å². The van der Waals surface area contributed by atoms with Crippen LogP contribution in [0.3, 0.4) is 0 Å². The van der Waals surface area contributed by atoms with Crippen molar-refractivity contribution in [2.45, 2.75) is 377 Å². The lowest BCUT2D eigenvalue weighted by Crippen LogP contribution is -2.48. The summed E-state index contributed by atoms with van der Waals surface area (Å²) in [6, 6.07) is 34.8. The number of alkyl carbamates (subject to hydrolysis) is 1. The molecule has 143 heavy (non-hydrogen) atoms. The van der Waals surface area contributed by atoms with Crippen molar-refractivity contribution < 1.29 is 23.5 Å². The minimum Gasteiger partial charge on any atom is -0.444 e. The van der Waals surface area contributed by atoms with Crippen LogP contribution < -0.4 is 15.1 Å². The Kier molecular flexibility index (Phi) is 51.4. The van der Waals surface area contributed by atoms with Gasteiger partial charge in [-0.05, 0) is 287 Å². The maximum Gasteiger partial charge on any atom is 0.410 e. The van der Waals surface area contributed by atoms with Gasteiger partial charge < -0.3 is 48.7 Å². The molecule has 2 amide bonds. The second-order valence-corrected chi connectivity index (χ2v) is 55.9. The number of likely N-dealkylation sites (tertiary alicyclic amines) is 3. The zero-order chi connectivity index (χ0) is 109. The number of aryl methyl sites for hydroxylation is 1. The van der Waals surface area contributed by atoms with E-state index in [0.717, 1.165) is 93.0 Å². The number of thiazole rings is 1. The Morgan fingerprint density at radius 1 is 0.385 bits per heavy atom. The topological polar surface area (TPSA) is 174 Å². The molecular formula is C123H210N15O4S+. The van der Waals surface area contributed by atoms with Crippen LogP contribution in [-0.4, -0.2) is 216 Å². The Morgan fingerprint density at radius 2 is 0.790 bits per heavy atom. The minimum atomic E-state index is -0.409. The number of hydrogen-bond donors (Lipinski definition) is 1. The fourth-order valence-corrected chi connectivity index (χ4v) is 17.3. The van der Waals surface area contributed by atoms with Gasteiger partial charge in [0.05, 0.1) is 42.4 Å². The zero-order valence-corrected chi connectivity index (χ0v) is 101. The average molecular weight is 2000 g/mol. The second-order valence-electron chi connectivity index (χ2n) is 54.7. The van der Waals surface area contributed by atoms with Crippen LogP contribution in [0, 0.1) is 46.3 Å². The van der Waals surface area contributed by atoms with E-state index in [2.05, 4.69) is 420 Å². The van der Waals surface area contributed by atoms with Crippen LogP contribution >= 0.6 is 11.3 Å². The molecule has 0 saturated carbocycles. The number of quaternary nitrogens is 1. The van der Waals surface area contributed by atoms with Gasteiger partial charge in [-0.2, -0.15) is 0 Å². The van der Waals surface area contributed by atoms with Crippen LogP contribution in [0.1, 0.15) is 365 Å². The zero-order valence-electron chi connectivity index (χ0n) is 99.7. The first-order chi connectivity index (χ1) is 65.3. The maximum atomic E-state index is 11.9. The molecule has 19 nitrogen and oxygen atoms in total. The van der Waals surface area contributed by atoms with E-state index in [9.17, 15) is 9.59 Å². The smallest absolute Gasteiger partial charge is 0.410 e. The van der Waals surface area contributed by atoms with Gasteiger partial charge in [0, 0.05) is 151 Å². The third kappa shape index (κ3) is 54.5. The molecular weight excluding hydrogens is 1780 g/mol. The molecule has 0 unspecified atom stereocenters. The van der Waals surface area contributed by atoms with Crippen molar-refractivity contribution in [2.75, 3.05) is 143 Å². The Bertz CT molecular complexity index is 4590. The fourth-order valence-electron chi connectivity index (χ4n) is 16.4. The summed E-state index contributed by atoms with van der Waals surface area (Å²) in [6.07, 6.45) is 25.4. The number of anilines is 2. The largest absolute Gasteiger partial charge is 0.444 e. The van der Waals surface area contributed by atoms with Gasteiger partial charge in [0.25, 0.3) is 0 Å².